The molecule has 4 nitrogen and oxygen atoms in total. The molecule has 2 N–H and O–H groups in total. The third-order valence-corrected chi connectivity index (χ3v) is 3.31. The summed E-state index contributed by atoms with van der Waals surface area (Å²) in [5.74, 6) is 4.08. The molecule has 0 aromatic carbocycles. The Hall–Kier alpha value is -1.32. The van der Waals surface area contributed by atoms with Crippen LogP contribution in [-0.4, -0.2) is 23.6 Å². The van der Waals surface area contributed by atoms with Crippen molar-refractivity contribution < 1.29 is 0 Å². The highest BCUT2D eigenvalue weighted by atomic mass is 15.1. The highest BCUT2D eigenvalue weighted by Crippen LogP contribution is 2.33. The molecule has 18 heavy (non-hydrogen) atoms. The van der Waals surface area contributed by atoms with E-state index in [1.807, 2.05) is 13.1 Å². The van der Waals surface area contributed by atoms with Gasteiger partial charge in [0.15, 0.2) is 0 Å². The first-order chi connectivity index (χ1) is 8.69. The summed E-state index contributed by atoms with van der Waals surface area (Å²) in [4.78, 5) is 9.01. The Balaban J connectivity index is 1.90. The van der Waals surface area contributed by atoms with Gasteiger partial charge in [0.2, 0.25) is 0 Å². The smallest absolute Gasteiger partial charge is 0.135 e. The Morgan fingerprint density at radius 3 is 2.61 bits per heavy atom. The van der Waals surface area contributed by atoms with Crippen LogP contribution in [0.25, 0.3) is 0 Å². The second-order valence-corrected chi connectivity index (χ2v) is 5.41. The minimum Gasteiger partial charge on any atom is -0.373 e. The molecule has 1 saturated carbocycles. The van der Waals surface area contributed by atoms with Gasteiger partial charge in [-0.1, -0.05) is 26.7 Å². The van der Waals surface area contributed by atoms with Crippen molar-refractivity contribution in [3.8, 4) is 0 Å². The van der Waals surface area contributed by atoms with E-state index in [-0.39, 0.29) is 0 Å². The molecule has 0 unspecified atom stereocenters. The van der Waals surface area contributed by atoms with Crippen LogP contribution in [0, 0.1) is 5.92 Å². The van der Waals surface area contributed by atoms with Crippen molar-refractivity contribution in [3.63, 3.8) is 0 Å². The Kier molecular flexibility index (Phi) is 4.39. The fourth-order valence-electron chi connectivity index (χ4n) is 1.96. The highest BCUT2D eigenvalue weighted by molar-refractivity contribution is 5.47. The maximum atomic E-state index is 4.55. The molecule has 2 rings (SSSR count). The summed E-state index contributed by atoms with van der Waals surface area (Å²) < 4.78 is 0. The average molecular weight is 248 g/mol. The lowest BCUT2D eigenvalue weighted by Gasteiger charge is -2.11. The summed E-state index contributed by atoms with van der Waals surface area (Å²) in [5, 5.41) is 6.50. The molecular weight excluding hydrogens is 224 g/mol. The largest absolute Gasteiger partial charge is 0.373 e. The topological polar surface area (TPSA) is 49.8 Å². The predicted molar refractivity (Wildman–Crippen MR) is 76.1 cm³/mol. The standard InChI is InChI=1S/C14H24N4/c1-10(2)14-17-12(15-3)9-13(18-14)16-8-4-5-11-6-7-11/h9-11H,4-8H2,1-3H3,(H2,15,16,17,18). The van der Waals surface area contributed by atoms with Gasteiger partial charge in [-0.05, 0) is 18.8 Å². The lowest BCUT2D eigenvalue weighted by molar-refractivity contribution is 0.685. The third-order valence-electron chi connectivity index (χ3n) is 3.31. The number of anilines is 2. The molecule has 1 aromatic rings. The van der Waals surface area contributed by atoms with Crippen molar-refractivity contribution in [3.05, 3.63) is 11.9 Å². The fourth-order valence-corrected chi connectivity index (χ4v) is 1.96. The van der Waals surface area contributed by atoms with Crippen LogP contribution < -0.4 is 10.6 Å². The quantitative estimate of drug-likeness (QED) is 0.727. The number of nitrogens with one attached hydrogen (secondary N) is 2. The minimum absolute atomic E-state index is 0.352. The van der Waals surface area contributed by atoms with Gasteiger partial charge in [0.05, 0.1) is 0 Å². The first-order valence-electron chi connectivity index (χ1n) is 6.99. The second-order valence-electron chi connectivity index (χ2n) is 5.41. The van der Waals surface area contributed by atoms with Gasteiger partial charge < -0.3 is 10.6 Å². The molecule has 1 aromatic heterocycles. The summed E-state index contributed by atoms with van der Waals surface area (Å²) in [6.45, 7) is 5.24. The van der Waals surface area contributed by atoms with E-state index in [9.17, 15) is 0 Å². The first-order valence-corrected chi connectivity index (χ1v) is 6.99. The number of nitrogens with zero attached hydrogens (tertiary/aromatic N) is 2. The van der Waals surface area contributed by atoms with Gasteiger partial charge in [-0.3, -0.25) is 0 Å². The Bertz CT molecular complexity index is 385. The molecule has 0 saturated heterocycles. The minimum atomic E-state index is 0.352. The summed E-state index contributed by atoms with van der Waals surface area (Å²) in [5.41, 5.74) is 0. The Morgan fingerprint density at radius 1 is 1.28 bits per heavy atom. The van der Waals surface area contributed by atoms with Gasteiger partial charge in [0.1, 0.15) is 17.5 Å². The fraction of sp³-hybridized carbons (Fsp3) is 0.714. The van der Waals surface area contributed by atoms with Crippen LogP contribution in [-0.2, 0) is 0 Å². The normalized spacial score (nSPS) is 14.9. The molecule has 0 atom stereocenters. The summed E-state index contributed by atoms with van der Waals surface area (Å²) in [6, 6.07) is 1.98. The lowest BCUT2D eigenvalue weighted by atomic mass is 10.2. The van der Waals surface area contributed by atoms with Crippen LogP contribution in [0.5, 0.6) is 0 Å². The molecule has 0 amide bonds. The van der Waals surface area contributed by atoms with Crippen molar-refractivity contribution in [2.24, 2.45) is 5.92 Å². The van der Waals surface area contributed by atoms with E-state index in [1.165, 1.54) is 25.7 Å². The molecule has 0 spiro atoms. The van der Waals surface area contributed by atoms with Crippen molar-refractivity contribution in [1.29, 1.82) is 0 Å². The lowest BCUT2D eigenvalue weighted by Crippen LogP contribution is -2.08. The van der Waals surface area contributed by atoms with Gasteiger partial charge in [-0.25, -0.2) is 9.97 Å². The molecule has 1 fully saturated rings. The highest BCUT2D eigenvalue weighted by Gasteiger charge is 2.19. The maximum absolute atomic E-state index is 4.55. The zero-order valence-corrected chi connectivity index (χ0v) is 11.7. The van der Waals surface area contributed by atoms with Crippen LogP contribution in [0.1, 0.15) is 51.3 Å². The molecule has 0 aliphatic heterocycles. The van der Waals surface area contributed by atoms with Gasteiger partial charge in [-0.2, -0.15) is 0 Å². The first kappa shape index (κ1) is 13.1. The SMILES string of the molecule is CNc1cc(NCCCC2CC2)nc(C(C)C)n1. The number of aromatic nitrogens is 2. The second kappa shape index (κ2) is 6.03. The van der Waals surface area contributed by atoms with Crippen LogP contribution in [0.3, 0.4) is 0 Å². The van der Waals surface area contributed by atoms with E-state index in [0.29, 0.717) is 5.92 Å². The zero-order chi connectivity index (χ0) is 13.0. The van der Waals surface area contributed by atoms with Crippen molar-refractivity contribution in [2.45, 2.75) is 45.4 Å². The van der Waals surface area contributed by atoms with Crippen LogP contribution >= 0.6 is 0 Å². The van der Waals surface area contributed by atoms with Gasteiger partial charge in [0, 0.05) is 25.6 Å². The average Bonchev–Trinajstić information content (AvgIpc) is 3.18. The summed E-state index contributed by atoms with van der Waals surface area (Å²) in [7, 11) is 1.89. The monoisotopic (exact) mass is 248 g/mol. The molecule has 4 heteroatoms. The molecule has 0 bridgehead atoms. The summed E-state index contributed by atoms with van der Waals surface area (Å²) >= 11 is 0. The van der Waals surface area contributed by atoms with Crippen LogP contribution in [0.15, 0.2) is 6.07 Å². The third kappa shape index (κ3) is 3.86. The van der Waals surface area contributed by atoms with E-state index in [4.69, 9.17) is 0 Å². The predicted octanol–water partition coefficient (Wildman–Crippen LogP) is 3.24. The molecular formula is C14H24N4. The number of hydrogen-bond acceptors (Lipinski definition) is 4. The van der Waals surface area contributed by atoms with Gasteiger partial charge in [0.25, 0.3) is 0 Å². The van der Waals surface area contributed by atoms with E-state index in [2.05, 4.69) is 34.4 Å². The molecule has 100 valence electrons. The number of hydrogen-bond donors (Lipinski definition) is 2. The van der Waals surface area contributed by atoms with Crippen LogP contribution in [0.4, 0.5) is 11.6 Å². The van der Waals surface area contributed by atoms with Crippen molar-refractivity contribution in [1.82, 2.24) is 9.97 Å². The zero-order valence-electron chi connectivity index (χ0n) is 11.7. The van der Waals surface area contributed by atoms with Crippen LogP contribution in [0.2, 0.25) is 0 Å². The summed E-state index contributed by atoms with van der Waals surface area (Å²) in [6.07, 6.45) is 5.47. The molecule has 1 aliphatic carbocycles. The molecule has 1 aliphatic rings. The maximum Gasteiger partial charge on any atom is 0.135 e. The van der Waals surface area contributed by atoms with E-state index < -0.39 is 0 Å². The van der Waals surface area contributed by atoms with E-state index in [0.717, 1.165) is 29.9 Å². The van der Waals surface area contributed by atoms with E-state index in [1.54, 1.807) is 0 Å². The van der Waals surface area contributed by atoms with E-state index >= 15 is 0 Å². The Labute approximate surface area is 110 Å². The number of rotatable bonds is 7. The molecule has 1 heterocycles. The van der Waals surface area contributed by atoms with Crippen molar-refractivity contribution in [2.75, 3.05) is 24.2 Å². The van der Waals surface area contributed by atoms with Gasteiger partial charge in [-0.15, -0.1) is 0 Å². The molecule has 0 radical (unpaired) electrons. The Morgan fingerprint density at radius 2 is 2.00 bits per heavy atom. The van der Waals surface area contributed by atoms with Crippen molar-refractivity contribution >= 4 is 11.6 Å². The van der Waals surface area contributed by atoms with Gasteiger partial charge >= 0.3 is 0 Å².